The number of morpholine rings is 1. The highest BCUT2D eigenvalue weighted by Crippen LogP contribution is 2.21. The third kappa shape index (κ3) is 4.21. The summed E-state index contributed by atoms with van der Waals surface area (Å²) < 4.78 is 5.84. The Bertz CT molecular complexity index is 530. The first kappa shape index (κ1) is 16.8. The van der Waals surface area contributed by atoms with Gasteiger partial charge < -0.3 is 19.6 Å². The number of carbonyl (C=O) groups excluding carboxylic acids is 1. The Balaban J connectivity index is 2.01. The first-order valence-corrected chi connectivity index (χ1v) is 7.67. The molecule has 5 nitrogen and oxygen atoms in total. The first-order valence-electron chi connectivity index (χ1n) is 7.67. The van der Waals surface area contributed by atoms with Crippen LogP contribution in [0.3, 0.4) is 0 Å². The van der Waals surface area contributed by atoms with Crippen LogP contribution in [-0.2, 0) is 16.1 Å². The maximum Gasteiger partial charge on any atom is 0.242 e. The number of carbonyl (C=O) groups is 1. The Morgan fingerprint density at radius 2 is 2.23 bits per heavy atom. The molecule has 0 saturated carbocycles. The molecule has 0 radical (unpaired) electrons. The van der Waals surface area contributed by atoms with E-state index in [1.54, 1.807) is 0 Å². The fourth-order valence-corrected chi connectivity index (χ4v) is 2.93. The Kier molecular flexibility index (Phi) is 5.08. The van der Waals surface area contributed by atoms with Gasteiger partial charge in [0.05, 0.1) is 24.9 Å². The normalized spacial score (nSPS) is 20.8. The minimum atomic E-state index is -0.303. The fourth-order valence-electron chi connectivity index (χ4n) is 2.93. The van der Waals surface area contributed by atoms with Crippen molar-refractivity contribution in [1.29, 1.82) is 0 Å². The Morgan fingerprint density at radius 1 is 1.50 bits per heavy atom. The van der Waals surface area contributed by atoms with Crippen LogP contribution >= 0.6 is 0 Å². The van der Waals surface area contributed by atoms with Crippen molar-refractivity contribution in [3.05, 3.63) is 29.8 Å². The summed E-state index contributed by atoms with van der Waals surface area (Å²) in [6.45, 7) is 7.58. The second kappa shape index (κ2) is 6.67. The van der Waals surface area contributed by atoms with Crippen molar-refractivity contribution in [2.24, 2.45) is 0 Å². The predicted octanol–water partition coefficient (Wildman–Crippen LogP) is 1.64. The van der Waals surface area contributed by atoms with Gasteiger partial charge in [0.1, 0.15) is 0 Å². The summed E-state index contributed by atoms with van der Waals surface area (Å²) in [4.78, 5) is 16.3. The summed E-state index contributed by atoms with van der Waals surface area (Å²) in [7, 11) is 1.89. The van der Waals surface area contributed by atoms with E-state index in [0.29, 0.717) is 19.6 Å². The number of anilines is 1. The molecule has 1 aliphatic rings. The minimum absolute atomic E-state index is 0.00476. The van der Waals surface area contributed by atoms with Crippen LogP contribution in [0.25, 0.3) is 0 Å². The number of benzene rings is 1. The van der Waals surface area contributed by atoms with Crippen molar-refractivity contribution >= 4 is 11.6 Å². The van der Waals surface area contributed by atoms with Crippen molar-refractivity contribution in [1.82, 2.24) is 4.90 Å². The molecule has 1 unspecified atom stereocenters. The number of aliphatic hydroxyl groups excluding tert-OH is 1. The van der Waals surface area contributed by atoms with Crippen molar-refractivity contribution < 1.29 is 14.6 Å². The van der Waals surface area contributed by atoms with Crippen LogP contribution in [0.15, 0.2) is 24.3 Å². The topological polar surface area (TPSA) is 53.0 Å². The highest BCUT2D eigenvalue weighted by molar-refractivity contribution is 5.81. The molecule has 5 heteroatoms. The Labute approximate surface area is 132 Å². The number of nitrogens with zero attached hydrogens (tertiary/aromatic N) is 2. The number of aliphatic hydroxyl groups is 1. The second-order valence-corrected chi connectivity index (χ2v) is 6.65. The van der Waals surface area contributed by atoms with E-state index >= 15 is 0 Å². The molecule has 1 aliphatic heterocycles. The van der Waals surface area contributed by atoms with Crippen molar-refractivity contribution in [3.63, 3.8) is 0 Å². The van der Waals surface area contributed by atoms with Crippen molar-refractivity contribution in [2.75, 3.05) is 31.6 Å². The SMILES string of the molecule is CC1CN(C(=O)CN(C)c2cccc(CO)c2)CC(C)(C)O1. The van der Waals surface area contributed by atoms with Gasteiger partial charge in [-0.1, -0.05) is 12.1 Å². The molecule has 0 spiro atoms. The van der Waals surface area contributed by atoms with E-state index in [1.165, 1.54) is 0 Å². The molecule has 1 heterocycles. The number of ether oxygens (including phenoxy) is 1. The van der Waals surface area contributed by atoms with Crippen LogP contribution in [0.2, 0.25) is 0 Å². The fraction of sp³-hybridized carbons (Fsp3) is 0.588. The average molecular weight is 306 g/mol. The monoisotopic (exact) mass is 306 g/mol. The molecule has 1 fully saturated rings. The zero-order chi connectivity index (χ0) is 16.3. The molecular formula is C17H26N2O3. The van der Waals surface area contributed by atoms with Crippen molar-refractivity contribution in [2.45, 2.75) is 39.1 Å². The van der Waals surface area contributed by atoms with Gasteiger partial charge in [-0.3, -0.25) is 4.79 Å². The van der Waals surface area contributed by atoms with Crippen LogP contribution in [0.5, 0.6) is 0 Å². The lowest BCUT2D eigenvalue weighted by Gasteiger charge is -2.42. The smallest absolute Gasteiger partial charge is 0.242 e. The van der Waals surface area contributed by atoms with E-state index in [9.17, 15) is 9.90 Å². The van der Waals surface area contributed by atoms with Crippen LogP contribution in [-0.4, -0.2) is 54.3 Å². The minimum Gasteiger partial charge on any atom is -0.392 e. The maximum absolute atomic E-state index is 12.5. The zero-order valence-electron chi connectivity index (χ0n) is 13.9. The largest absolute Gasteiger partial charge is 0.392 e. The van der Waals surface area contributed by atoms with Gasteiger partial charge in [-0.05, 0) is 38.5 Å². The van der Waals surface area contributed by atoms with Crippen LogP contribution in [0.1, 0.15) is 26.3 Å². The molecule has 1 aromatic carbocycles. The highest BCUT2D eigenvalue weighted by Gasteiger charge is 2.33. The summed E-state index contributed by atoms with van der Waals surface area (Å²) >= 11 is 0. The molecule has 122 valence electrons. The van der Waals surface area contributed by atoms with E-state index in [2.05, 4.69) is 0 Å². The average Bonchev–Trinajstić information content (AvgIpc) is 2.45. The van der Waals surface area contributed by atoms with Gasteiger partial charge in [-0.25, -0.2) is 0 Å². The van der Waals surface area contributed by atoms with Gasteiger partial charge in [-0.2, -0.15) is 0 Å². The molecule has 0 bridgehead atoms. The first-order chi connectivity index (χ1) is 10.3. The van der Waals surface area contributed by atoms with E-state index < -0.39 is 0 Å². The standard InChI is InChI=1S/C17H26N2O3/c1-13-9-19(12-17(2,3)22-13)16(21)10-18(4)15-7-5-6-14(8-15)11-20/h5-8,13,20H,9-12H2,1-4H3. The molecule has 0 aliphatic carbocycles. The van der Waals surface area contributed by atoms with Crippen LogP contribution < -0.4 is 4.90 Å². The third-order valence-electron chi connectivity index (χ3n) is 3.83. The van der Waals surface area contributed by atoms with Gasteiger partial charge in [0.2, 0.25) is 5.91 Å². The van der Waals surface area contributed by atoms with Gasteiger partial charge in [0.15, 0.2) is 0 Å². The Morgan fingerprint density at radius 3 is 2.86 bits per heavy atom. The predicted molar refractivity (Wildman–Crippen MR) is 86.8 cm³/mol. The van der Waals surface area contributed by atoms with Crippen LogP contribution in [0, 0.1) is 0 Å². The summed E-state index contributed by atoms with van der Waals surface area (Å²) in [5.74, 6) is 0.0973. The zero-order valence-corrected chi connectivity index (χ0v) is 13.9. The van der Waals surface area contributed by atoms with E-state index in [-0.39, 0.29) is 24.2 Å². The summed E-state index contributed by atoms with van der Waals surface area (Å²) in [5.41, 5.74) is 1.47. The van der Waals surface area contributed by atoms with Crippen molar-refractivity contribution in [3.8, 4) is 0 Å². The lowest BCUT2D eigenvalue weighted by molar-refractivity contribution is -0.156. The lowest BCUT2D eigenvalue weighted by atomic mass is 10.1. The molecule has 22 heavy (non-hydrogen) atoms. The number of amides is 1. The highest BCUT2D eigenvalue weighted by atomic mass is 16.5. The maximum atomic E-state index is 12.5. The second-order valence-electron chi connectivity index (χ2n) is 6.65. The van der Waals surface area contributed by atoms with Gasteiger partial charge in [0.25, 0.3) is 0 Å². The summed E-state index contributed by atoms with van der Waals surface area (Å²) in [6, 6.07) is 7.60. The summed E-state index contributed by atoms with van der Waals surface area (Å²) in [6.07, 6.45) is 0.0516. The van der Waals surface area contributed by atoms with Gasteiger partial charge in [-0.15, -0.1) is 0 Å². The molecule has 1 aromatic rings. The lowest BCUT2D eigenvalue weighted by Crippen LogP contribution is -2.55. The van der Waals surface area contributed by atoms with E-state index in [4.69, 9.17) is 4.74 Å². The van der Waals surface area contributed by atoms with Gasteiger partial charge >= 0.3 is 0 Å². The number of rotatable bonds is 4. The Hall–Kier alpha value is -1.59. The molecule has 2 rings (SSSR count). The summed E-state index contributed by atoms with van der Waals surface area (Å²) in [5, 5.41) is 9.21. The van der Waals surface area contributed by atoms with Crippen LogP contribution in [0.4, 0.5) is 5.69 Å². The number of likely N-dealkylation sites (N-methyl/N-ethyl adjacent to an activating group) is 1. The molecule has 1 N–H and O–H groups in total. The number of hydrogen-bond donors (Lipinski definition) is 1. The molecule has 1 saturated heterocycles. The number of hydrogen-bond acceptors (Lipinski definition) is 4. The molecule has 1 atom stereocenters. The quantitative estimate of drug-likeness (QED) is 0.919. The van der Waals surface area contributed by atoms with E-state index in [0.717, 1.165) is 11.3 Å². The van der Waals surface area contributed by atoms with Gasteiger partial charge in [0, 0.05) is 25.8 Å². The molecular weight excluding hydrogens is 280 g/mol. The molecule has 0 aromatic heterocycles. The molecule has 1 amide bonds. The van der Waals surface area contributed by atoms with E-state index in [1.807, 2.05) is 61.9 Å². The third-order valence-corrected chi connectivity index (χ3v) is 3.83.